The summed E-state index contributed by atoms with van der Waals surface area (Å²) in [5.41, 5.74) is 7.49. The molecule has 5 N–H and O–H groups in total. The molecule has 0 saturated heterocycles. The van der Waals surface area contributed by atoms with E-state index in [1.54, 1.807) is 24.3 Å². The lowest BCUT2D eigenvalue weighted by molar-refractivity contribution is -0.122. The summed E-state index contributed by atoms with van der Waals surface area (Å²) in [4.78, 5) is 24.4. The SMILES string of the molecule is NC1(C(=O)Nc2ccc(NC(=O)Nc3ccccc3)cc2)CCCCC1. The molecule has 2 aromatic rings. The van der Waals surface area contributed by atoms with Gasteiger partial charge in [0.1, 0.15) is 0 Å². The zero-order valence-corrected chi connectivity index (χ0v) is 14.6. The van der Waals surface area contributed by atoms with E-state index in [2.05, 4.69) is 16.0 Å². The molecule has 1 saturated carbocycles. The van der Waals surface area contributed by atoms with E-state index in [1.165, 1.54) is 0 Å². The molecule has 0 atom stereocenters. The summed E-state index contributed by atoms with van der Waals surface area (Å²) < 4.78 is 0. The minimum Gasteiger partial charge on any atom is -0.324 e. The van der Waals surface area contributed by atoms with Crippen molar-refractivity contribution in [3.05, 3.63) is 54.6 Å². The number of hydrogen-bond donors (Lipinski definition) is 4. The van der Waals surface area contributed by atoms with Crippen molar-refractivity contribution in [2.75, 3.05) is 16.0 Å². The number of anilines is 3. The molecule has 136 valence electrons. The molecule has 0 radical (unpaired) electrons. The average Bonchev–Trinajstić information content (AvgIpc) is 2.64. The van der Waals surface area contributed by atoms with Gasteiger partial charge in [0.25, 0.3) is 0 Å². The van der Waals surface area contributed by atoms with Crippen molar-refractivity contribution in [3.8, 4) is 0 Å². The fourth-order valence-electron chi connectivity index (χ4n) is 3.12. The highest BCUT2D eigenvalue weighted by Crippen LogP contribution is 2.27. The van der Waals surface area contributed by atoms with Crippen LogP contribution in [0.1, 0.15) is 32.1 Å². The second-order valence-corrected chi connectivity index (χ2v) is 6.69. The number of nitrogens with two attached hydrogens (primary N) is 1. The molecule has 0 spiro atoms. The van der Waals surface area contributed by atoms with E-state index < -0.39 is 5.54 Å². The Balaban J connectivity index is 1.54. The highest BCUT2D eigenvalue weighted by atomic mass is 16.2. The van der Waals surface area contributed by atoms with Crippen molar-refractivity contribution in [1.29, 1.82) is 0 Å². The van der Waals surface area contributed by atoms with E-state index in [1.807, 2.05) is 30.3 Å². The number of nitrogens with one attached hydrogen (secondary N) is 3. The Morgan fingerprint density at radius 2 is 1.23 bits per heavy atom. The Kier molecular flexibility index (Phi) is 5.53. The molecule has 3 amide bonds. The molecule has 0 bridgehead atoms. The number of urea groups is 1. The highest BCUT2D eigenvalue weighted by Gasteiger charge is 2.35. The molecule has 3 rings (SSSR count). The molecule has 0 unspecified atom stereocenters. The first kappa shape index (κ1) is 17.9. The monoisotopic (exact) mass is 352 g/mol. The summed E-state index contributed by atoms with van der Waals surface area (Å²) in [6.45, 7) is 0. The van der Waals surface area contributed by atoms with Gasteiger partial charge in [-0.1, -0.05) is 37.5 Å². The lowest BCUT2D eigenvalue weighted by Gasteiger charge is -2.31. The molecule has 0 aromatic heterocycles. The third-order valence-corrected chi connectivity index (χ3v) is 4.63. The lowest BCUT2D eigenvalue weighted by Crippen LogP contribution is -2.52. The second kappa shape index (κ2) is 8.01. The Bertz CT molecular complexity index is 753. The van der Waals surface area contributed by atoms with Gasteiger partial charge in [-0.05, 0) is 49.2 Å². The van der Waals surface area contributed by atoms with Gasteiger partial charge in [0, 0.05) is 17.1 Å². The first-order chi connectivity index (χ1) is 12.5. The molecular weight excluding hydrogens is 328 g/mol. The van der Waals surface area contributed by atoms with Crippen LogP contribution in [0.2, 0.25) is 0 Å². The number of carbonyl (C=O) groups excluding carboxylic acids is 2. The molecule has 1 fully saturated rings. The molecule has 0 heterocycles. The van der Waals surface area contributed by atoms with Crippen LogP contribution in [-0.4, -0.2) is 17.5 Å². The standard InChI is InChI=1S/C20H24N4O2/c21-20(13-5-2-6-14-20)18(25)22-16-9-11-17(12-10-16)24-19(26)23-15-7-3-1-4-8-15/h1,3-4,7-12H,2,5-6,13-14,21H2,(H,22,25)(H2,23,24,26). The molecule has 6 nitrogen and oxygen atoms in total. The maximum Gasteiger partial charge on any atom is 0.323 e. The van der Waals surface area contributed by atoms with E-state index in [-0.39, 0.29) is 11.9 Å². The predicted molar refractivity (Wildman–Crippen MR) is 104 cm³/mol. The Labute approximate surface area is 153 Å². The van der Waals surface area contributed by atoms with E-state index in [4.69, 9.17) is 5.73 Å². The predicted octanol–water partition coefficient (Wildman–Crippen LogP) is 3.93. The smallest absolute Gasteiger partial charge is 0.323 e. The maximum absolute atomic E-state index is 12.4. The molecule has 1 aliphatic rings. The summed E-state index contributed by atoms with van der Waals surface area (Å²) in [7, 11) is 0. The third-order valence-electron chi connectivity index (χ3n) is 4.63. The van der Waals surface area contributed by atoms with E-state index in [9.17, 15) is 9.59 Å². The molecule has 1 aliphatic carbocycles. The van der Waals surface area contributed by atoms with Gasteiger partial charge in [-0.2, -0.15) is 0 Å². The van der Waals surface area contributed by atoms with Gasteiger partial charge in [0.2, 0.25) is 5.91 Å². The van der Waals surface area contributed by atoms with Crippen LogP contribution in [0.3, 0.4) is 0 Å². The van der Waals surface area contributed by atoms with Gasteiger partial charge in [-0.3, -0.25) is 4.79 Å². The van der Waals surface area contributed by atoms with Crippen molar-refractivity contribution in [3.63, 3.8) is 0 Å². The first-order valence-electron chi connectivity index (χ1n) is 8.89. The van der Waals surface area contributed by atoms with E-state index >= 15 is 0 Å². The number of amides is 3. The zero-order valence-electron chi connectivity index (χ0n) is 14.6. The van der Waals surface area contributed by atoms with Gasteiger partial charge in [0.15, 0.2) is 0 Å². The fourth-order valence-corrected chi connectivity index (χ4v) is 3.12. The Hall–Kier alpha value is -2.86. The second-order valence-electron chi connectivity index (χ2n) is 6.69. The minimum atomic E-state index is -0.773. The summed E-state index contributed by atoms with van der Waals surface area (Å²) in [5.74, 6) is -0.139. The number of carbonyl (C=O) groups is 2. The zero-order chi connectivity index (χ0) is 18.4. The number of rotatable bonds is 4. The van der Waals surface area contributed by atoms with Gasteiger partial charge in [0.05, 0.1) is 5.54 Å². The van der Waals surface area contributed by atoms with Crippen LogP contribution in [0.25, 0.3) is 0 Å². The first-order valence-corrected chi connectivity index (χ1v) is 8.89. The van der Waals surface area contributed by atoms with Crippen molar-refractivity contribution in [1.82, 2.24) is 0 Å². The van der Waals surface area contributed by atoms with Crippen LogP contribution in [0.5, 0.6) is 0 Å². The molecule has 26 heavy (non-hydrogen) atoms. The van der Waals surface area contributed by atoms with Crippen LogP contribution < -0.4 is 21.7 Å². The number of hydrogen-bond acceptors (Lipinski definition) is 3. The largest absolute Gasteiger partial charge is 0.324 e. The number of benzene rings is 2. The van der Waals surface area contributed by atoms with Crippen molar-refractivity contribution in [2.45, 2.75) is 37.6 Å². The quantitative estimate of drug-likeness (QED) is 0.671. The van der Waals surface area contributed by atoms with Crippen LogP contribution in [0.4, 0.5) is 21.9 Å². The average molecular weight is 352 g/mol. The van der Waals surface area contributed by atoms with Gasteiger partial charge >= 0.3 is 6.03 Å². The van der Waals surface area contributed by atoms with Gasteiger partial charge in [-0.25, -0.2) is 4.79 Å². The lowest BCUT2D eigenvalue weighted by atomic mass is 9.82. The maximum atomic E-state index is 12.4. The normalized spacial score (nSPS) is 15.7. The highest BCUT2D eigenvalue weighted by molar-refractivity contribution is 6.00. The van der Waals surface area contributed by atoms with Crippen molar-refractivity contribution in [2.24, 2.45) is 5.73 Å². The Morgan fingerprint density at radius 3 is 1.81 bits per heavy atom. The van der Waals surface area contributed by atoms with E-state index in [0.717, 1.165) is 37.8 Å². The molecule has 6 heteroatoms. The Morgan fingerprint density at radius 1 is 0.731 bits per heavy atom. The summed E-state index contributed by atoms with van der Waals surface area (Å²) in [6.07, 6.45) is 4.56. The summed E-state index contributed by atoms with van der Waals surface area (Å²) in [5, 5.41) is 8.38. The van der Waals surface area contributed by atoms with Crippen LogP contribution in [0.15, 0.2) is 54.6 Å². The fraction of sp³-hybridized carbons (Fsp3) is 0.300. The van der Waals surface area contributed by atoms with Crippen LogP contribution in [-0.2, 0) is 4.79 Å². The minimum absolute atomic E-state index is 0.139. The van der Waals surface area contributed by atoms with E-state index in [0.29, 0.717) is 11.4 Å². The van der Waals surface area contributed by atoms with Crippen molar-refractivity contribution >= 4 is 29.0 Å². The summed E-state index contributed by atoms with van der Waals surface area (Å²) in [6, 6.07) is 15.9. The van der Waals surface area contributed by atoms with Crippen LogP contribution >= 0.6 is 0 Å². The van der Waals surface area contributed by atoms with Crippen LogP contribution in [0, 0.1) is 0 Å². The topological polar surface area (TPSA) is 96.2 Å². The molecule has 2 aromatic carbocycles. The van der Waals surface area contributed by atoms with Crippen molar-refractivity contribution < 1.29 is 9.59 Å². The van der Waals surface area contributed by atoms with Gasteiger partial charge in [-0.15, -0.1) is 0 Å². The number of para-hydroxylation sites is 1. The molecular formula is C20H24N4O2. The van der Waals surface area contributed by atoms with Gasteiger partial charge < -0.3 is 21.7 Å². The molecule has 0 aliphatic heterocycles. The third kappa shape index (κ3) is 4.61. The summed E-state index contributed by atoms with van der Waals surface area (Å²) >= 11 is 0.